The van der Waals surface area contributed by atoms with E-state index in [4.69, 9.17) is 5.73 Å². The van der Waals surface area contributed by atoms with Crippen LogP contribution in [0.4, 0.5) is 11.4 Å². The van der Waals surface area contributed by atoms with Crippen LogP contribution >= 0.6 is 31.9 Å². The molecule has 4 nitrogen and oxygen atoms in total. The lowest BCUT2D eigenvalue weighted by molar-refractivity contribution is -0.110. The number of phenols is 1. The van der Waals surface area contributed by atoms with Gasteiger partial charge in [-0.25, -0.2) is 0 Å². The highest BCUT2D eigenvalue weighted by molar-refractivity contribution is 9.11. The summed E-state index contributed by atoms with van der Waals surface area (Å²) in [5.74, 6) is -0.0476. The third-order valence-corrected chi connectivity index (χ3v) is 4.39. The molecule has 4 N–H and O–H groups in total. The fraction of sp³-hybridized carbons (Fsp3) is 0. The Hall–Kier alpha value is -1.79. The van der Waals surface area contributed by atoms with E-state index in [1.807, 2.05) is 0 Å². The Morgan fingerprint density at radius 2 is 1.81 bits per heavy atom. The maximum absolute atomic E-state index is 12.1. The van der Waals surface area contributed by atoms with Gasteiger partial charge in [-0.05, 0) is 73.8 Å². The van der Waals surface area contributed by atoms with E-state index in [2.05, 4.69) is 37.2 Å². The van der Waals surface area contributed by atoms with Crippen molar-refractivity contribution in [2.24, 2.45) is 0 Å². The van der Waals surface area contributed by atoms with Crippen LogP contribution in [0.3, 0.4) is 0 Å². The smallest absolute Gasteiger partial charge is 0.256 e. The summed E-state index contributed by atoms with van der Waals surface area (Å²) in [6.07, 6.45) is 1.76. The summed E-state index contributed by atoms with van der Waals surface area (Å²) in [5, 5.41) is 12.5. The van der Waals surface area contributed by atoms with Gasteiger partial charge < -0.3 is 16.2 Å². The number of carbonyl (C=O) groups excluding carboxylic acids is 1. The number of halogens is 2. The van der Waals surface area contributed by atoms with E-state index in [-0.39, 0.29) is 11.7 Å². The van der Waals surface area contributed by atoms with Gasteiger partial charge >= 0.3 is 0 Å². The zero-order valence-electron chi connectivity index (χ0n) is 10.7. The number of fused-ring (bicyclic) bond motifs is 1. The number of amides is 1. The standard InChI is InChI=1S/C15H10Br2N2O2/c16-11-4-7(5-12(17)14(11)20)3-10-9-6-8(18)1-2-13(9)19-15(10)21/h1-6,20H,18H2,(H,19,21). The van der Waals surface area contributed by atoms with E-state index >= 15 is 0 Å². The van der Waals surface area contributed by atoms with Crippen molar-refractivity contribution in [3.8, 4) is 5.75 Å². The molecule has 0 aliphatic carbocycles. The number of hydrogen-bond donors (Lipinski definition) is 3. The van der Waals surface area contributed by atoms with Crippen molar-refractivity contribution in [1.82, 2.24) is 0 Å². The molecular weight excluding hydrogens is 400 g/mol. The fourth-order valence-corrected chi connectivity index (χ4v) is 3.41. The summed E-state index contributed by atoms with van der Waals surface area (Å²) in [7, 11) is 0. The van der Waals surface area contributed by atoms with Crippen LogP contribution in [-0.2, 0) is 4.79 Å². The number of benzene rings is 2. The number of nitrogens with two attached hydrogens (primary N) is 1. The number of nitrogens with one attached hydrogen (secondary N) is 1. The molecule has 1 amide bonds. The summed E-state index contributed by atoms with van der Waals surface area (Å²) in [6.45, 7) is 0. The number of carbonyl (C=O) groups is 1. The Balaban J connectivity index is 2.13. The van der Waals surface area contributed by atoms with Crippen molar-refractivity contribution in [3.63, 3.8) is 0 Å². The monoisotopic (exact) mass is 408 g/mol. The van der Waals surface area contributed by atoms with Gasteiger partial charge in [0.1, 0.15) is 5.75 Å². The molecule has 2 aromatic rings. The average molecular weight is 410 g/mol. The highest BCUT2D eigenvalue weighted by atomic mass is 79.9. The number of anilines is 2. The average Bonchev–Trinajstić information content (AvgIpc) is 2.72. The zero-order valence-corrected chi connectivity index (χ0v) is 13.8. The molecule has 1 aliphatic heterocycles. The highest BCUT2D eigenvalue weighted by Crippen LogP contribution is 2.37. The molecule has 2 aromatic carbocycles. The molecule has 1 aliphatic rings. The second kappa shape index (κ2) is 5.20. The first-order chi connectivity index (χ1) is 9.95. The molecule has 0 saturated carbocycles. The third kappa shape index (κ3) is 2.56. The Morgan fingerprint density at radius 1 is 1.14 bits per heavy atom. The molecule has 106 valence electrons. The summed E-state index contributed by atoms with van der Waals surface area (Å²) in [4.78, 5) is 12.1. The first-order valence-electron chi connectivity index (χ1n) is 6.06. The van der Waals surface area contributed by atoms with Crippen molar-refractivity contribution in [3.05, 3.63) is 50.4 Å². The van der Waals surface area contributed by atoms with Crippen molar-refractivity contribution in [1.29, 1.82) is 0 Å². The summed E-state index contributed by atoms with van der Waals surface area (Å²) >= 11 is 6.55. The predicted molar refractivity (Wildman–Crippen MR) is 90.9 cm³/mol. The number of nitrogen functional groups attached to an aromatic ring is 1. The van der Waals surface area contributed by atoms with Gasteiger partial charge in [-0.2, -0.15) is 0 Å². The largest absolute Gasteiger partial charge is 0.506 e. The van der Waals surface area contributed by atoms with Crippen molar-refractivity contribution >= 4 is 60.8 Å². The first kappa shape index (κ1) is 14.2. The van der Waals surface area contributed by atoms with E-state index in [0.29, 0.717) is 20.2 Å². The molecule has 0 aromatic heterocycles. The van der Waals surface area contributed by atoms with Gasteiger partial charge in [-0.15, -0.1) is 0 Å². The number of phenolic OH excluding ortho intramolecular Hbond substituents is 1. The van der Waals surface area contributed by atoms with Gasteiger partial charge in [0.2, 0.25) is 0 Å². The van der Waals surface area contributed by atoms with Gasteiger partial charge in [0.25, 0.3) is 5.91 Å². The van der Waals surface area contributed by atoms with E-state index in [1.165, 1.54) is 0 Å². The van der Waals surface area contributed by atoms with Crippen LogP contribution in [0.25, 0.3) is 11.6 Å². The predicted octanol–water partition coefficient (Wildman–Crippen LogP) is 3.99. The summed E-state index contributed by atoms with van der Waals surface area (Å²) in [5.41, 5.74) is 9.24. The second-order valence-corrected chi connectivity index (χ2v) is 6.36. The summed E-state index contributed by atoms with van der Waals surface area (Å²) in [6, 6.07) is 8.78. The van der Waals surface area contributed by atoms with Crippen LogP contribution in [0.1, 0.15) is 11.1 Å². The molecule has 21 heavy (non-hydrogen) atoms. The summed E-state index contributed by atoms with van der Waals surface area (Å²) < 4.78 is 1.10. The van der Waals surface area contributed by atoms with Gasteiger partial charge in [-0.1, -0.05) is 0 Å². The number of rotatable bonds is 1. The molecule has 1 heterocycles. The van der Waals surface area contributed by atoms with Crippen LogP contribution in [0, 0.1) is 0 Å². The molecule has 3 rings (SSSR count). The van der Waals surface area contributed by atoms with Crippen LogP contribution in [0.15, 0.2) is 39.3 Å². The normalized spacial score (nSPS) is 15.1. The van der Waals surface area contributed by atoms with E-state index in [0.717, 1.165) is 16.8 Å². The molecule has 0 saturated heterocycles. The van der Waals surface area contributed by atoms with Gasteiger partial charge in [0, 0.05) is 22.5 Å². The Labute approximate surface area is 137 Å². The lowest BCUT2D eigenvalue weighted by Crippen LogP contribution is -2.03. The first-order valence-corrected chi connectivity index (χ1v) is 7.65. The minimum atomic E-state index is -0.170. The lowest BCUT2D eigenvalue weighted by atomic mass is 10.0. The van der Waals surface area contributed by atoms with Crippen LogP contribution in [-0.4, -0.2) is 11.0 Å². The number of aromatic hydroxyl groups is 1. The molecule has 0 unspecified atom stereocenters. The lowest BCUT2D eigenvalue weighted by Gasteiger charge is -2.04. The van der Waals surface area contributed by atoms with Crippen LogP contribution < -0.4 is 11.1 Å². The molecule has 0 fully saturated rings. The Kier molecular flexibility index (Phi) is 3.51. The van der Waals surface area contributed by atoms with Crippen molar-refractivity contribution in [2.45, 2.75) is 0 Å². The molecule has 0 spiro atoms. The molecule has 0 atom stereocenters. The zero-order chi connectivity index (χ0) is 15.1. The Morgan fingerprint density at radius 3 is 2.48 bits per heavy atom. The molecule has 0 bridgehead atoms. The third-order valence-electron chi connectivity index (χ3n) is 3.18. The Bertz CT molecular complexity index is 777. The van der Waals surface area contributed by atoms with E-state index < -0.39 is 0 Å². The maximum Gasteiger partial charge on any atom is 0.256 e. The topological polar surface area (TPSA) is 75.3 Å². The second-order valence-electron chi connectivity index (χ2n) is 4.65. The van der Waals surface area contributed by atoms with E-state index in [9.17, 15) is 9.90 Å². The number of hydrogen-bond acceptors (Lipinski definition) is 3. The van der Waals surface area contributed by atoms with E-state index in [1.54, 1.807) is 36.4 Å². The van der Waals surface area contributed by atoms with Gasteiger partial charge in [0.05, 0.1) is 8.95 Å². The van der Waals surface area contributed by atoms with Crippen LogP contribution in [0.5, 0.6) is 5.75 Å². The fourth-order valence-electron chi connectivity index (χ4n) is 2.18. The minimum Gasteiger partial charge on any atom is -0.506 e. The minimum absolute atomic E-state index is 0.123. The highest BCUT2D eigenvalue weighted by Gasteiger charge is 2.24. The molecule has 6 heteroatoms. The van der Waals surface area contributed by atoms with Gasteiger partial charge in [0.15, 0.2) is 0 Å². The maximum atomic E-state index is 12.1. The molecule has 0 radical (unpaired) electrons. The van der Waals surface area contributed by atoms with Gasteiger partial charge in [-0.3, -0.25) is 4.79 Å². The SMILES string of the molecule is Nc1ccc2c(c1)C(=Cc1cc(Br)c(O)c(Br)c1)C(=O)N2. The van der Waals surface area contributed by atoms with Crippen molar-refractivity contribution < 1.29 is 9.90 Å². The van der Waals surface area contributed by atoms with Crippen molar-refractivity contribution in [2.75, 3.05) is 11.1 Å². The molecular formula is C15H10Br2N2O2. The van der Waals surface area contributed by atoms with Crippen LogP contribution in [0.2, 0.25) is 0 Å². The quantitative estimate of drug-likeness (QED) is 0.492.